The maximum Gasteiger partial charge on any atom is 2.00 e. The second kappa shape index (κ2) is 9.80. The molecule has 179 valence electrons. The van der Waals surface area contributed by atoms with Gasteiger partial charge in [-0.15, -0.1) is 0 Å². The van der Waals surface area contributed by atoms with Crippen molar-refractivity contribution in [1.29, 1.82) is 0 Å². The zero-order chi connectivity index (χ0) is 23.2. The number of fused-ring (bicyclic) bond motifs is 1. The molecule has 0 saturated carbocycles. The van der Waals surface area contributed by atoms with E-state index < -0.39 is 54.6 Å². The molecule has 0 aliphatic carbocycles. The Kier molecular flexibility index (Phi) is 8.39. The molecule has 2 aromatic heterocycles. The standard InChI is InChI=1S/C10H16N5O13P3.Mn/c11-8-5-9(13-2-12-8)15(3-14-5)10-7(17)6(16)4(26-10)1-25-30(21,22)28-31(23,24)27-29(18,19)20;/h2-4,6-7,10,16-17H,1H2,(H,21,22)(H,23,24)(H2,11,12,13)(H2,18,19,20);/q;+2/t4-,6-,7-,10-;/m1./s1. The number of rotatable bonds is 8. The number of aromatic nitrogens is 4. The largest absolute Gasteiger partial charge is 2.00 e. The topological polar surface area (TPSA) is 279 Å². The first-order chi connectivity index (χ1) is 14.2. The van der Waals surface area contributed by atoms with Gasteiger partial charge in [0.1, 0.15) is 30.2 Å². The Balaban J connectivity index is 0.00000363. The van der Waals surface area contributed by atoms with E-state index in [1.807, 2.05) is 0 Å². The number of anilines is 1. The number of ether oxygens (including phenoxy) is 1. The molecule has 0 aromatic carbocycles. The van der Waals surface area contributed by atoms with Gasteiger partial charge in [0.2, 0.25) is 0 Å². The van der Waals surface area contributed by atoms with E-state index in [0.29, 0.717) is 0 Å². The van der Waals surface area contributed by atoms with Crippen LogP contribution < -0.4 is 5.73 Å². The molecule has 3 rings (SSSR count). The predicted octanol–water partition coefficient (Wildman–Crippen LogP) is -1.63. The molecule has 8 N–H and O–H groups in total. The van der Waals surface area contributed by atoms with Crippen molar-refractivity contribution in [2.75, 3.05) is 12.3 Å². The van der Waals surface area contributed by atoms with Crippen LogP contribution in [0.1, 0.15) is 6.23 Å². The van der Waals surface area contributed by atoms with Crippen molar-refractivity contribution in [3.8, 4) is 0 Å². The molecule has 0 bridgehead atoms. The van der Waals surface area contributed by atoms with Gasteiger partial charge in [0.05, 0.1) is 12.9 Å². The van der Waals surface area contributed by atoms with Gasteiger partial charge in [0.15, 0.2) is 17.7 Å². The molecule has 6 atom stereocenters. The van der Waals surface area contributed by atoms with Crippen molar-refractivity contribution < 1.29 is 78.4 Å². The number of nitrogens with zero attached hydrogens (tertiary/aromatic N) is 4. The van der Waals surface area contributed by atoms with Crippen LogP contribution in [0.2, 0.25) is 0 Å². The van der Waals surface area contributed by atoms with Gasteiger partial charge in [-0.25, -0.2) is 28.6 Å². The first-order valence-corrected chi connectivity index (χ1v) is 12.4. The molecule has 2 aromatic rings. The van der Waals surface area contributed by atoms with E-state index in [0.717, 1.165) is 6.33 Å². The molecule has 1 fully saturated rings. The van der Waals surface area contributed by atoms with Crippen LogP contribution in [0.3, 0.4) is 0 Å². The summed E-state index contributed by atoms with van der Waals surface area (Å²) in [6.45, 7) is -0.956. The van der Waals surface area contributed by atoms with Crippen LogP contribution in [0.25, 0.3) is 11.2 Å². The van der Waals surface area contributed by atoms with Crippen LogP contribution in [0.15, 0.2) is 12.7 Å². The Hall–Kier alpha value is -0.841. The smallest absolute Gasteiger partial charge is 0.387 e. The zero-order valence-electron chi connectivity index (χ0n) is 15.3. The first-order valence-electron chi connectivity index (χ1n) is 7.92. The van der Waals surface area contributed by atoms with Gasteiger partial charge < -0.3 is 40.3 Å². The van der Waals surface area contributed by atoms with E-state index >= 15 is 0 Å². The monoisotopic (exact) mass is 562 g/mol. The van der Waals surface area contributed by atoms with E-state index in [1.54, 1.807) is 0 Å². The van der Waals surface area contributed by atoms with Crippen LogP contribution in [0.5, 0.6) is 0 Å². The molecule has 0 spiro atoms. The number of imidazole rings is 1. The molecule has 0 amide bonds. The summed E-state index contributed by atoms with van der Waals surface area (Å²) in [7, 11) is -16.7. The summed E-state index contributed by atoms with van der Waals surface area (Å²) < 4.78 is 51.9. The van der Waals surface area contributed by atoms with E-state index in [4.69, 9.17) is 25.2 Å². The van der Waals surface area contributed by atoms with Gasteiger partial charge in [-0.1, -0.05) is 0 Å². The summed E-state index contributed by atoms with van der Waals surface area (Å²) in [6.07, 6.45) is -3.69. The Morgan fingerprint density at radius 2 is 1.69 bits per heavy atom. The third-order valence-electron chi connectivity index (χ3n) is 3.82. The minimum absolute atomic E-state index is 0. The molecular weight excluding hydrogens is 546 g/mol. The number of nitrogens with two attached hydrogens (primary N) is 1. The van der Waals surface area contributed by atoms with Gasteiger partial charge in [-0.3, -0.25) is 9.09 Å². The maximum atomic E-state index is 11.8. The number of aliphatic hydroxyl groups excluding tert-OH is 2. The SMILES string of the molecule is Nc1ncnc2c1ncn2[C@@H]1O[C@H](COP(=O)(O)OP(=O)(O)OP(=O)(O)O)[C@@H](O)[C@H]1O.[Mn+2]. The van der Waals surface area contributed by atoms with Gasteiger partial charge >= 0.3 is 40.5 Å². The van der Waals surface area contributed by atoms with Crippen molar-refractivity contribution >= 4 is 40.4 Å². The maximum absolute atomic E-state index is 11.8. The van der Waals surface area contributed by atoms with Crippen molar-refractivity contribution in [3.05, 3.63) is 12.7 Å². The summed E-state index contributed by atoms with van der Waals surface area (Å²) in [5.41, 5.74) is 6.00. The second-order valence-electron chi connectivity index (χ2n) is 6.02. The van der Waals surface area contributed by atoms with Gasteiger partial charge in [0, 0.05) is 0 Å². The third kappa shape index (κ3) is 6.39. The fraction of sp³-hybridized carbons (Fsp3) is 0.500. The van der Waals surface area contributed by atoms with Gasteiger partial charge in [-0.2, -0.15) is 8.62 Å². The quantitative estimate of drug-likeness (QED) is 0.140. The fourth-order valence-electron chi connectivity index (χ4n) is 2.62. The van der Waals surface area contributed by atoms with Crippen molar-refractivity contribution in [2.24, 2.45) is 0 Å². The van der Waals surface area contributed by atoms with Crippen LogP contribution in [0.4, 0.5) is 5.82 Å². The molecule has 18 nitrogen and oxygen atoms in total. The summed E-state index contributed by atoms with van der Waals surface area (Å²) in [6, 6.07) is 0. The van der Waals surface area contributed by atoms with E-state index in [9.17, 15) is 28.8 Å². The van der Waals surface area contributed by atoms with E-state index in [1.165, 1.54) is 10.9 Å². The second-order valence-corrected chi connectivity index (χ2v) is 10.4. The van der Waals surface area contributed by atoms with Crippen LogP contribution in [-0.2, 0) is 48.6 Å². The average molecular weight is 562 g/mol. The predicted molar refractivity (Wildman–Crippen MR) is 95.5 cm³/mol. The first kappa shape index (κ1) is 27.4. The zero-order valence-corrected chi connectivity index (χ0v) is 19.2. The van der Waals surface area contributed by atoms with Crippen LogP contribution in [0, 0.1) is 0 Å². The number of aliphatic hydroxyl groups is 2. The van der Waals surface area contributed by atoms with E-state index in [-0.39, 0.29) is 34.1 Å². The number of hydrogen-bond donors (Lipinski definition) is 7. The van der Waals surface area contributed by atoms with Crippen molar-refractivity contribution in [3.63, 3.8) is 0 Å². The molecule has 1 aliphatic heterocycles. The normalized spacial score (nSPS) is 27.6. The van der Waals surface area contributed by atoms with Gasteiger partial charge in [-0.05, 0) is 0 Å². The van der Waals surface area contributed by atoms with Gasteiger partial charge in [0.25, 0.3) is 0 Å². The molecule has 1 radical (unpaired) electrons. The molecule has 2 unspecified atom stereocenters. The Morgan fingerprint density at radius 1 is 1.03 bits per heavy atom. The summed E-state index contributed by atoms with van der Waals surface area (Å²) in [5.74, 6) is 0.0426. The van der Waals surface area contributed by atoms with Crippen molar-refractivity contribution in [1.82, 2.24) is 19.5 Å². The number of hydrogen-bond acceptors (Lipinski definition) is 13. The Morgan fingerprint density at radius 3 is 2.31 bits per heavy atom. The summed E-state index contributed by atoms with van der Waals surface area (Å²) in [5, 5.41) is 20.4. The minimum Gasteiger partial charge on any atom is -0.387 e. The minimum atomic E-state index is -5.70. The fourth-order valence-corrected chi connectivity index (χ4v) is 5.65. The molecular formula is C10H16MnN5O13P3+2. The van der Waals surface area contributed by atoms with Crippen molar-refractivity contribution in [2.45, 2.75) is 24.5 Å². The molecule has 22 heteroatoms. The molecule has 3 heterocycles. The number of nitrogen functional groups attached to an aromatic ring is 1. The van der Waals surface area contributed by atoms with Crippen LogP contribution in [-0.4, -0.2) is 74.2 Å². The Bertz CT molecular complexity index is 1110. The third-order valence-corrected chi connectivity index (χ3v) is 7.62. The van der Waals surface area contributed by atoms with E-state index in [2.05, 4.69) is 28.1 Å². The number of phosphoric ester groups is 1. The molecule has 1 saturated heterocycles. The summed E-state index contributed by atoms with van der Waals surface area (Å²) >= 11 is 0. The van der Waals surface area contributed by atoms with Crippen LogP contribution >= 0.6 is 23.5 Å². The molecule has 1 aliphatic rings. The molecule has 32 heavy (non-hydrogen) atoms. The number of phosphoric acid groups is 3. The average Bonchev–Trinajstić information content (AvgIpc) is 3.13. The summed E-state index contributed by atoms with van der Waals surface area (Å²) in [4.78, 5) is 47.2. The Labute approximate surface area is 188 Å².